The Labute approximate surface area is 221 Å². The Balaban J connectivity index is 1.64. The van der Waals surface area contributed by atoms with E-state index in [9.17, 15) is 27.6 Å². The van der Waals surface area contributed by atoms with Crippen LogP contribution in [-0.2, 0) is 13.2 Å². The highest BCUT2D eigenvalue weighted by atomic mass is 19.4. The SMILES string of the molecule is Cc1c([C@@H](C)Nc2nn(C)c(=O)c3c(N4CCC(NC(=O)O)C4)c(=O)n(C4CC4)cc23)cccc1C(F)(F)F. The van der Waals surface area contributed by atoms with Crippen LogP contribution in [0.1, 0.15) is 55.0 Å². The Morgan fingerprint density at radius 2 is 1.90 bits per heavy atom. The summed E-state index contributed by atoms with van der Waals surface area (Å²) in [6.45, 7) is 3.72. The van der Waals surface area contributed by atoms with Crippen molar-refractivity contribution < 1.29 is 23.1 Å². The number of hydrogen-bond donors (Lipinski definition) is 3. The lowest BCUT2D eigenvalue weighted by molar-refractivity contribution is -0.138. The van der Waals surface area contributed by atoms with Gasteiger partial charge in [-0.25, -0.2) is 9.48 Å². The summed E-state index contributed by atoms with van der Waals surface area (Å²) in [5.41, 5.74) is -0.867. The lowest BCUT2D eigenvalue weighted by atomic mass is 9.97. The molecule has 3 N–H and O–H groups in total. The van der Waals surface area contributed by atoms with Crippen LogP contribution >= 0.6 is 0 Å². The standard InChI is InChI=1S/C26H29F3N6O4/c1-13-17(5-4-6-19(13)26(27,28)29)14(2)30-22-18-12-35(16-7-8-16)24(37)21(20(18)23(36)33(3)32-22)34-10-9-15(11-34)31-25(38)39/h4-6,12,14-16,31H,7-11H2,1-3H3,(H,30,32)(H,38,39)/t14-,15?/m1/s1. The van der Waals surface area contributed by atoms with Gasteiger partial charge in [0.1, 0.15) is 5.69 Å². The molecular weight excluding hydrogens is 517 g/mol. The summed E-state index contributed by atoms with van der Waals surface area (Å²) < 4.78 is 43.3. The van der Waals surface area contributed by atoms with Crippen LogP contribution < -0.4 is 26.7 Å². The minimum atomic E-state index is -4.50. The zero-order chi connectivity index (χ0) is 28.2. The molecule has 2 aromatic heterocycles. The molecule has 2 atom stereocenters. The molecule has 13 heteroatoms. The van der Waals surface area contributed by atoms with E-state index < -0.39 is 35.5 Å². The number of amides is 1. The maximum atomic E-state index is 13.7. The number of carboxylic acid groups (broad SMARTS) is 1. The second kappa shape index (κ2) is 9.62. The van der Waals surface area contributed by atoms with Gasteiger partial charge in [-0.05, 0) is 50.3 Å². The fraction of sp³-hybridized carbons (Fsp3) is 0.462. The molecule has 2 fully saturated rings. The number of carbonyl (C=O) groups is 1. The second-order valence-electron chi connectivity index (χ2n) is 10.3. The van der Waals surface area contributed by atoms with Crippen LogP contribution in [0, 0.1) is 6.92 Å². The maximum absolute atomic E-state index is 13.7. The number of hydrogen-bond acceptors (Lipinski definition) is 6. The van der Waals surface area contributed by atoms with Gasteiger partial charge in [0, 0.05) is 32.4 Å². The Morgan fingerprint density at radius 1 is 1.18 bits per heavy atom. The Bertz CT molecular complexity index is 1580. The average Bonchev–Trinajstić information content (AvgIpc) is 3.59. The zero-order valence-electron chi connectivity index (χ0n) is 21.7. The number of pyridine rings is 1. The predicted octanol–water partition coefficient (Wildman–Crippen LogP) is 3.78. The molecule has 0 spiro atoms. The molecule has 1 unspecified atom stereocenters. The molecule has 2 aliphatic rings. The quantitative estimate of drug-likeness (QED) is 0.430. The van der Waals surface area contributed by atoms with Gasteiger partial charge in [-0.1, -0.05) is 12.1 Å². The van der Waals surface area contributed by atoms with Gasteiger partial charge in [0.05, 0.1) is 28.4 Å². The third-order valence-corrected chi connectivity index (χ3v) is 7.50. The van der Waals surface area contributed by atoms with E-state index in [1.165, 1.54) is 20.0 Å². The fourth-order valence-corrected chi connectivity index (χ4v) is 5.42. The van der Waals surface area contributed by atoms with E-state index in [0.29, 0.717) is 23.9 Å². The highest BCUT2D eigenvalue weighted by Gasteiger charge is 2.35. The van der Waals surface area contributed by atoms with Gasteiger partial charge < -0.3 is 25.2 Å². The molecule has 0 bridgehead atoms. The number of halogens is 3. The summed E-state index contributed by atoms with van der Waals surface area (Å²) in [5, 5.41) is 19.7. The van der Waals surface area contributed by atoms with E-state index >= 15 is 0 Å². The first-order valence-electron chi connectivity index (χ1n) is 12.7. The van der Waals surface area contributed by atoms with Gasteiger partial charge >= 0.3 is 12.3 Å². The molecule has 1 aromatic carbocycles. The first kappa shape index (κ1) is 26.6. The number of rotatable bonds is 6. The van der Waals surface area contributed by atoms with Crippen LogP contribution in [0.2, 0.25) is 0 Å². The molecule has 5 rings (SSSR count). The van der Waals surface area contributed by atoms with Crippen LogP contribution in [0.3, 0.4) is 0 Å². The van der Waals surface area contributed by atoms with Gasteiger partial charge in [-0.2, -0.15) is 18.3 Å². The first-order chi connectivity index (χ1) is 18.4. The van der Waals surface area contributed by atoms with E-state index in [2.05, 4.69) is 15.7 Å². The van der Waals surface area contributed by atoms with Crippen LogP contribution in [0.4, 0.5) is 29.5 Å². The number of aromatic nitrogens is 3. The largest absolute Gasteiger partial charge is 0.465 e. The Morgan fingerprint density at radius 3 is 2.54 bits per heavy atom. The molecular formula is C26H29F3N6O4. The summed E-state index contributed by atoms with van der Waals surface area (Å²) in [6.07, 6.45) is -2.00. The third-order valence-electron chi connectivity index (χ3n) is 7.50. The van der Waals surface area contributed by atoms with Crippen LogP contribution in [0.15, 0.2) is 34.0 Å². The van der Waals surface area contributed by atoms with Crippen molar-refractivity contribution >= 4 is 28.4 Å². The monoisotopic (exact) mass is 546 g/mol. The highest BCUT2D eigenvalue weighted by molar-refractivity contribution is 5.99. The van der Waals surface area contributed by atoms with Crippen molar-refractivity contribution in [1.82, 2.24) is 19.7 Å². The van der Waals surface area contributed by atoms with Crippen molar-refractivity contribution in [3.05, 3.63) is 61.8 Å². The van der Waals surface area contributed by atoms with Gasteiger partial charge in [-0.15, -0.1) is 0 Å². The number of nitrogens with zero attached hydrogens (tertiary/aromatic N) is 4. The predicted molar refractivity (Wildman–Crippen MR) is 140 cm³/mol. The Hall–Kier alpha value is -4.03. The summed E-state index contributed by atoms with van der Waals surface area (Å²) >= 11 is 0. The molecule has 1 amide bonds. The van der Waals surface area contributed by atoms with Crippen molar-refractivity contribution in [3.63, 3.8) is 0 Å². The molecule has 3 aromatic rings. The molecule has 1 saturated heterocycles. The molecule has 39 heavy (non-hydrogen) atoms. The minimum absolute atomic E-state index is 0.0313. The van der Waals surface area contributed by atoms with Crippen LogP contribution in [0.25, 0.3) is 10.8 Å². The molecule has 1 saturated carbocycles. The summed E-state index contributed by atoms with van der Waals surface area (Å²) in [5.74, 6) is 0.256. The number of alkyl halides is 3. The molecule has 0 radical (unpaired) electrons. The third kappa shape index (κ3) is 4.92. The second-order valence-corrected chi connectivity index (χ2v) is 10.3. The van der Waals surface area contributed by atoms with Crippen molar-refractivity contribution in [2.24, 2.45) is 7.05 Å². The van der Waals surface area contributed by atoms with E-state index in [0.717, 1.165) is 23.6 Å². The fourth-order valence-electron chi connectivity index (χ4n) is 5.42. The topological polar surface area (TPSA) is 121 Å². The van der Waals surface area contributed by atoms with Gasteiger partial charge in [0.15, 0.2) is 5.82 Å². The van der Waals surface area contributed by atoms with Crippen molar-refractivity contribution in [1.29, 1.82) is 0 Å². The van der Waals surface area contributed by atoms with Crippen molar-refractivity contribution in [2.45, 2.75) is 57.4 Å². The first-order valence-corrected chi connectivity index (χ1v) is 12.7. The number of anilines is 2. The number of benzene rings is 1. The van der Waals surface area contributed by atoms with Crippen LogP contribution in [-0.4, -0.2) is 44.7 Å². The summed E-state index contributed by atoms with van der Waals surface area (Å²) in [6, 6.07) is 2.95. The van der Waals surface area contributed by atoms with E-state index in [1.54, 1.807) is 28.7 Å². The lowest BCUT2D eigenvalue weighted by Crippen LogP contribution is -2.38. The molecule has 10 nitrogen and oxygen atoms in total. The van der Waals surface area contributed by atoms with E-state index in [1.807, 2.05) is 0 Å². The minimum Gasteiger partial charge on any atom is -0.465 e. The average molecular weight is 547 g/mol. The van der Waals surface area contributed by atoms with E-state index in [-0.39, 0.29) is 40.6 Å². The van der Waals surface area contributed by atoms with Gasteiger partial charge in [0.25, 0.3) is 11.1 Å². The highest BCUT2D eigenvalue weighted by Crippen LogP contribution is 2.38. The summed E-state index contributed by atoms with van der Waals surface area (Å²) in [7, 11) is 1.45. The Kier molecular flexibility index (Phi) is 6.55. The molecule has 3 heterocycles. The molecule has 1 aliphatic heterocycles. The maximum Gasteiger partial charge on any atom is 0.416 e. The normalized spacial score (nSPS) is 18.4. The van der Waals surface area contributed by atoms with Gasteiger partial charge in [-0.3, -0.25) is 9.59 Å². The molecule has 1 aliphatic carbocycles. The van der Waals surface area contributed by atoms with Gasteiger partial charge in [0.2, 0.25) is 0 Å². The number of nitrogens with one attached hydrogen (secondary N) is 2. The van der Waals surface area contributed by atoms with Crippen LogP contribution in [0.5, 0.6) is 0 Å². The lowest BCUT2D eigenvalue weighted by Gasteiger charge is -2.24. The van der Waals surface area contributed by atoms with Crippen molar-refractivity contribution in [3.8, 4) is 0 Å². The van der Waals surface area contributed by atoms with Crippen molar-refractivity contribution in [2.75, 3.05) is 23.3 Å². The smallest absolute Gasteiger partial charge is 0.416 e. The van der Waals surface area contributed by atoms with E-state index in [4.69, 9.17) is 5.11 Å². The number of fused-ring (bicyclic) bond motifs is 1. The number of aryl methyl sites for hydroxylation is 1. The molecule has 208 valence electrons. The zero-order valence-corrected chi connectivity index (χ0v) is 21.7. The summed E-state index contributed by atoms with van der Waals surface area (Å²) in [4.78, 5) is 40.0.